The number of carbonyl (C=O) groups is 4. The molecule has 4 rings (SSSR count). The molecular weight excluding hydrogens is 667 g/mol. The Labute approximate surface area is 278 Å². The van der Waals surface area contributed by atoms with Crippen molar-refractivity contribution < 1.29 is 49.1 Å². The first kappa shape index (κ1) is 38.9. The SMILES string of the molecule is C.COc1ccc(C(=O)Cl)c(Cl)c1.COc1ccc(C(=O)Nc2ccc(C(=O)O)cc2O)c(Cl)c1.Nc1ccc(C(=O)O)cc1O. The minimum atomic E-state index is -1.17. The number of carbonyl (C=O) groups excluding carboxylic acids is 2. The number of aromatic hydroxyl groups is 2. The monoisotopic (exact) mass is 694 g/mol. The summed E-state index contributed by atoms with van der Waals surface area (Å²) in [5.41, 5.74) is 5.94. The summed E-state index contributed by atoms with van der Waals surface area (Å²) in [5.74, 6) is -2.24. The third-order valence-corrected chi connectivity index (χ3v) is 6.41. The number of benzene rings is 4. The van der Waals surface area contributed by atoms with Crippen molar-refractivity contribution in [1.29, 1.82) is 0 Å². The minimum absolute atomic E-state index is 0. The van der Waals surface area contributed by atoms with Crippen LogP contribution >= 0.6 is 34.8 Å². The third kappa shape index (κ3) is 11.1. The van der Waals surface area contributed by atoms with Gasteiger partial charge in [0.05, 0.1) is 57.9 Å². The van der Waals surface area contributed by atoms with E-state index in [1.165, 1.54) is 62.8 Å². The molecule has 0 saturated carbocycles. The van der Waals surface area contributed by atoms with E-state index in [2.05, 4.69) is 5.32 Å². The van der Waals surface area contributed by atoms with Gasteiger partial charge in [-0.25, -0.2) is 9.59 Å². The highest BCUT2D eigenvalue weighted by Crippen LogP contribution is 2.28. The molecule has 12 nitrogen and oxygen atoms in total. The molecule has 0 bridgehead atoms. The Morgan fingerprint density at radius 1 is 0.696 bits per heavy atom. The molecule has 0 aliphatic carbocycles. The highest BCUT2D eigenvalue weighted by molar-refractivity contribution is 6.68. The van der Waals surface area contributed by atoms with Crippen LogP contribution in [0.3, 0.4) is 0 Å². The summed E-state index contributed by atoms with van der Waals surface area (Å²) >= 11 is 17.0. The maximum Gasteiger partial charge on any atom is 0.335 e. The van der Waals surface area contributed by atoms with Crippen molar-refractivity contribution in [3.05, 3.63) is 105 Å². The number of amides is 1. The zero-order valence-corrected chi connectivity index (χ0v) is 25.6. The predicted molar refractivity (Wildman–Crippen MR) is 175 cm³/mol. The number of hydrogen-bond acceptors (Lipinski definition) is 9. The second-order valence-electron chi connectivity index (χ2n) is 8.54. The lowest BCUT2D eigenvalue weighted by molar-refractivity contribution is 0.0686. The predicted octanol–water partition coefficient (Wildman–Crippen LogP) is 7.04. The van der Waals surface area contributed by atoms with Crippen LogP contribution in [-0.4, -0.2) is 57.7 Å². The topological polar surface area (TPSA) is 206 Å². The number of ether oxygens (including phenoxy) is 2. The molecule has 7 N–H and O–H groups in total. The molecule has 244 valence electrons. The fourth-order valence-corrected chi connectivity index (χ4v) is 3.95. The van der Waals surface area contributed by atoms with Crippen molar-refractivity contribution >= 4 is 69.3 Å². The van der Waals surface area contributed by atoms with Gasteiger partial charge in [0.15, 0.2) is 0 Å². The molecule has 4 aromatic rings. The second kappa shape index (κ2) is 18.0. The normalized spacial score (nSPS) is 9.59. The molecule has 4 aromatic carbocycles. The molecule has 0 spiro atoms. The van der Waals surface area contributed by atoms with Crippen LogP contribution in [0.1, 0.15) is 48.9 Å². The summed E-state index contributed by atoms with van der Waals surface area (Å²) in [6, 6.07) is 16.6. The Morgan fingerprint density at radius 3 is 1.54 bits per heavy atom. The second-order valence-corrected chi connectivity index (χ2v) is 9.69. The van der Waals surface area contributed by atoms with Crippen LogP contribution in [0.2, 0.25) is 10.0 Å². The number of aromatic carboxylic acids is 2. The quantitative estimate of drug-likeness (QED) is 0.0657. The van der Waals surface area contributed by atoms with E-state index < -0.39 is 23.1 Å². The number of methoxy groups -OCH3 is 2. The van der Waals surface area contributed by atoms with Crippen LogP contribution in [-0.2, 0) is 0 Å². The van der Waals surface area contributed by atoms with Gasteiger partial charge in [0, 0.05) is 0 Å². The van der Waals surface area contributed by atoms with Crippen molar-refractivity contribution in [2.75, 3.05) is 25.3 Å². The van der Waals surface area contributed by atoms with Crippen LogP contribution < -0.4 is 20.5 Å². The van der Waals surface area contributed by atoms with E-state index in [1.807, 2.05) is 0 Å². The Kier molecular flexibility index (Phi) is 15.2. The maximum absolute atomic E-state index is 12.1. The van der Waals surface area contributed by atoms with Gasteiger partial charge < -0.3 is 41.0 Å². The number of phenols is 2. The summed E-state index contributed by atoms with van der Waals surface area (Å²) in [7, 11) is 3.00. The molecule has 0 heterocycles. The van der Waals surface area contributed by atoms with Crippen LogP contribution in [0.5, 0.6) is 23.0 Å². The number of hydrogen-bond donors (Lipinski definition) is 6. The molecule has 46 heavy (non-hydrogen) atoms. The molecule has 0 atom stereocenters. The van der Waals surface area contributed by atoms with Gasteiger partial charge in [0.2, 0.25) is 0 Å². The Bertz CT molecular complexity index is 1730. The van der Waals surface area contributed by atoms with E-state index in [4.69, 9.17) is 65.3 Å². The smallest absolute Gasteiger partial charge is 0.335 e. The zero-order valence-electron chi connectivity index (χ0n) is 23.4. The van der Waals surface area contributed by atoms with Gasteiger partial charge in [0.25, 0.3) is 11.1 Å². The van der Waals surface area contributed by atoms with Crippen LogP contribution in [0.25, 0.3) is 0 Å². The fraction of sp³-hybridized carbons (Fsp3) is 0.0968. The van der Waals surface area contributed by atoms with E-state index in [1.54, 1.807) is 12.1 Å². The van der Waals surface area contributed by atoms with E-state index in [0.29, 0.717) is 22.1 Å². The molecule has 0 aliphatic rings. The summed E-state index contributed by atoms with van der Waals surface area (Å²) in [5, 5.41) is 38.4. The molecule has 0 saturated heterocycles. The van der Waals surface area contributed by atoms with Crippen LogP contribution in [0.4, 0.5) is 11.4 Å². The first-order valence-corrected chi connectivity index (χ1v) is 13.4. The molecule has 0 radical (unpaired) electrons. The van der Waals surface area contributed by atoms with E-state index >= 15 is 0 Å². The van der Waals surface area contributed by atoms with Gasteiger partial charge in [-0.3, -0.25) is 9.59 Å². The average molecular weight is 696 g/mol. The summed E-state index contributed by atoms with van der Waals surface area (Å²) in [6.07, 6.45) is 0. The Morgan fingerprint density at radius 2 is 1.15 bits per heavy atom. The average Bonchev–Trinajstić information content (AvgIpc) is 2.99. The van der Waals surface area contributed by atoms with Crippen LogP contribution in [0.15, 0.2) is 72.8 Å². The summed E-state index contributed by atoms with van der Waals surface area (Å²) < 4.78 is 9.88. The van der Waals surface area contributed by atoms with Gasteiger partial charge >= 0.3 is 11.9 Å². The number of halogens is 3. The molecule has 15 heteroatoms. The number of rotatable bonds is 7. The summed E-state index contributed by atoms with van der Waals surface area (Å²) in [6.45, 7) is 0. The van der Waals surface area contributed by atoms with Gasteiger partial charge in [-0.15, -0.1) is 0 Å². The molecule has 1 amide bonds. The highest BCUT2D eigenvalue weighted by Gasteiger charge is 2.15. The first-order valence-electron chi connectivity index (χ1n) is 12.2. The Hall–Kier alpha value is -5.17. The number of carboxylic acid groups (broad SMARTS) is 2. The van der Waals surface area contributed by atoms with Crippen molar-refractivity contribution in [1.82, 2.24) is 0 Å². The lowest BCUT2D eigenvalue weighted by Crippen LogP contribution is -2.13. The number of phenolic OH excluding ortho intramolecular Hbond substituents is 2. The molecular formula is C31H29Cl3N2O10. The number of nitrogen functional groups attached to an aromatic ring is 1. The van der Waals surface area contributed by atoms with Crippen molar-refractivity contribution in [2.45, 2.75) is 7.43 Å². The molecule has 0 fully saturated rings. The Balaban J connectivity index is 0.000000374. The number of anilines is 2. The minimum Gasteiger partial charge on any atom is -0.506 e. The van der Waals surface area contributed by atoms with Crippen LogP contribution in [0, 0.1) is 0 Å². The van der Waals surface area contributed by atoms with Crippen molar-refractivity contribution in [2.24, 2.45) is 0 Å². The molecule has 0 unspecified atom stereocenters. The van der Waals surface area contributed by atoms with Gasteiger partial charge in [0.1, 0.15) is 23.0 Å². The number of carboxylic acids is 2. The number of nitrogens with two attached hydrogens (primary N) is 1. The molecule has 0 aliphatic heterocycles. The fourth-order valence-electron chi connectivity index (χ4n) is 3.23. The van der Waals surface area contributed by atoms with Gasteiger partial charge in [-0.05, 0) is 84.4 Å². The lowest BCUT2D eigenvalue weighted by atomic mass is 10.1. The van der Waals surface area contributed by atoms with E-state index in [-0.39, 0.29) is 52.0 Å². The lowest BCUT2D eigenvalue weighted by Gasteiger charge is -2.10. The maximum atomic E-state index is 12.1. The van der Waals surface area contributed by atoms with Gasteiger partial charge in [-0.1, -0.05) is 30.6 Å². The van der Waals surface area contributed by atoms with Crippen molar-refractivity contribution in [3.8, 4) is 23.0 Å². The standard InChI is InChI=1S/C15H12ClNO5.C8H6Cl2O2.C7H7NO3.CH4/c1-22-9-3-4-10(11(16)7-9)14(19)17-12-5-2-8(15(20)21)6-13(12)18;1-12-5-2-3-6(8(10)11)7(9)4-5;8-5-2-1-4(7(10)11)3-6(5)9;/h2-7,18H,1H3,(H,17,19)(H,20,21);2-4H,1H3;1-3,9H,8H2,(H,10,11);1H4. The number of nitrogens with one attached hydrogen (secondary N) is 1. The third-order valence-electron chi connectivity index (χ3n) is 5.58. The first-order chi connectivity index (χ1) is 21.2. The highest BCUT2D eigenvalue weighted by atomic mass is 35.5. The van der Waals surface area contributed by atoms with Crippen molar-refractivity contribution in [3.63, 3.8) is 0 Å². The van der Waals surface area contributed by atoms with E-state index in [0.717, 1.165) is 12.1 Å². The van der Waals surface area contributed by atoms with Gasteiger partial charge in [-0.2, -0.15) is 0 Å². The molecule has 0 aromatic heterocycles. The zero-order chi connectivity index (χ0) is 33.8. The summed E-state index contributed by atoms with van der Waals surface area (Å²) in [4.78, 5) is 43.9. The van der Waals surface area contributed by atoms with E-state index in [9.17, 15) is 24.3 Å². The largest absolute Gasteiger partial charge is 0.506 e.